The molecule has 1 aromatic heterocycles. The van der Waals surface area contributed by atoms with Crippen LogP contribution in [0.25, 0.3) is 0 Å². The van der Waals surface area contributed by atoms with Gasteiger partial charge in [-0.3, -0.25) is 4.90 Å². The summed E-state index contributed by atoms with van der Waals surface area (Å²) in [6, 6.07) is 15.7. The summed E-state index contributed by atoms with van der Waals surface area (Å²) in [6.07, 6.45) is 4.76. The predicted molar refractivity (Wildman–Crippen MR) is 136 cm³/mol. The zero-order valence-electron chi connectivity index (χ0n) is 20.5. The number of ether oxygens (including phenoxy) is 4. The molecule has 2 aromatic carbocycles. The Balaban J connectivity index is 1.28. The Hall–Kier alpha value is -2.58. The molecule has 0 bridgehead atoms. The summed E-state index contributed by atoms with van der Waals surface area (Å²) in [5.41, 5.74) is 0.657. The van der Waals surface area contributed by atoms with Crippen LogP contribution >= 0.6 is 11.6 Å². The lowest BCUT2D eigenvalue weighted by molar-refractivity contribution is -0.0925. The Bertz CT molecular complexity index is 1060. The van der Waals surface area contributed by atoms with Crippen molar-refractivity contribution in [3.8, 4) is 11.5 Å². The first-order valence-electron chi connectivity index (χ1n) is 12.0. The van der Waals surface area contributed by atoms with Crippen LogP contribution in [0.4, 0.5) is 0 Å². The minimum Gasteiger partial charge on any atom is -0.494 e. The van der Waals surface area contributed by atoms with Crippen LogP contribution in [0.1, 0.15) is 17.8 Å². The first kappa shape index (κ1) is 25.5. The van der Waals surface area contributed by atoms with Crippen LogP contribution in [0.2, 0.25) is 5.02 Å². The highest BCUT2D eigenvalue weighted by Gasteiger charge is 2.36. The van der Waals surface area contributed by atoms with Gasteiger partial charge in [-0.2, -0.15) is 0 Å². The Morgan fingerprint density at radius 2 is 1.97 bits per heavy atom. The number of aryl methyl sites for hydroxylation is 2. The molecule has 4 rings (SSSR count). The molecule has 35 heavy (non-hydrogen) atoms. The van der Waals surface area contributed by atoms with E-state index in [1.54, 1.807) is 7.11 Å². The van der Waals surface area contributed by atoms with E-state index in [-0.39, 0.29) is 0 Å². The van der Waals surface area contributed by atoms with Gasteiger partial charge in [-0.1, -0.05) is 29.8 Å². The minimum atomic E-state index is -0.560. The summed E-state index contributed by atoms with van der Waals surface area (Å²) >= 11 is 6.09. The van der Waals surface area contributed by atoms with Crippen LogP contribution in [-0.4, -0.2) is 66.7 Å². The molecule has 0 radical (unpaired) electrons. The van der Waals surface area contributed by atoms with Gasteiger partial charge in [-0.15, -0.1) is 0 Å². The number of halogens is 1. The third-order valence-corrected chi connectivity index (χ3v) is 6.46. The second-order valence-electron chi connectivity index (χ2n) is 8.91. The number of rotatable bonds is 11. The van der Waals surface area contributed by atoms with Gasteiger partial charge in [0.25, 0.3) is 0 Å². The molecule has 0 spiro atoms. The predicted octanol–water partition coefficient (Wildman–Crippen LogP) is 4.61. The van der Waals surface area contributed by atoms with Crippen molar-refractivity contribution in [3.63, 3.8) is 0 Å². The Kier molecular flexibility index (Phi) is 9.04. The molecule has 0 N–H and O–H groups in total. The molecule has 7 nitrogen and oxygen atoms in total. The summed E-state index contributed by atoms with van der Waals surface area (Å²) in [5.74, 6) is 2.64. The van der Waals surface area contributed by atoms with E-state index >= 15 is 0 Å². The first-order chi connectivity index (χ1) is 17.0. The molecular weight excluding hydrogens is 466 g/mol. The first-order valence-corrected chi connectivity index (χ1v) is 12.4. The SMILES string of the molecule is COC1(COc2cccc(Cl)c2)COCCN(Cc2ccc(OCCCn3ccnc3C)cc2)C1. The molecule has 1 aliphatic rings. The largest absolute Gasteiger partial charge is 0.494 e. The standard InChI is InChI=1S/C27H34ClN3O4/c1-22-29-11-13-31(22)12-4-15-34-25-9-7-23(8-10-25)18-30-14-16-33-20-27(19-30,32-2)21-35-26-6-3-5-24(28)17-26/h3,5-11,13,17H,4,12,14-16,18-21H2,1-2H3. The van der Waals surface area contributed by atoms with Gasteiger partial charge in [0.2, 0.25) is 0 Å². The van der Waals surface area contributed by atoms with Crippen LogP contribution < -0.4 is 9.47 Å². The zero-order valence-corrected chi connectivity index (χ0v) is 21.2. The smallest absolute Gasteiger partial charge is 0.137 e. The quantitative estimate of drug-likeness (QED) is 0.359. The maximum atomic E-state index is 6.09. The number of nitrogens with zero attached hydrogens (tertiary/aromatic N) is 3. The lowest BCUT2D eigenvalue weighted by Gasteiger charge is -2.34. The fraction of sp³-hybridized carbons (Fsp3) is 0.444. The van der Waals surface area contributed by atoms with Gasteiger partial charge in [0, 0.05) is 50.7 Å². The number of benzene rings is 2. The molecule has 8 heteroatoms. The number of aromatic nitrogens is 2. The summed E-state index contributed by atoms with van der Waals surface area (Å²) < 4.78 is 25.9. The van der Waals surface area contributed by atoms with Gasteiger partial charge in [-0.05, 0) is 49.2 Å². The lowest BCUT2D eigenvalue weighted by atomic mass is 10.1. The van der Waals surface area contributed by atoms with E-state index < -0.39 is 5.60 Å². The van der Waals surface area contributed by atoms with Gasteiger partial charge in [0.05, 0.1) is 19.8 Å². The Morgan fingerprint density at radius 1 is 1.11 bits per heavy atom. The number of hydrogen-bond donors (Lipinski definition) is 0. The second-order valence-corrected chi connectivity index (χ2v) is 9.35. The van der Waals surface area contributed by atoms with Crippen molar-refractivity contribution in [3.05, 3.63) is 77.3 Å². The van der Waals surface area contributed by atoms with Crippen molar-refractivity contribution in [1.82, 2.24) is 14.5 Å². The highest BCUT2D eigenvalue weighted by atomic mass is 35.5. The van der Waals surface area contributed by atoms with Gasteiger partial charge in [0.1, 0.15) is 29.5 Å². The molecule has 0 aliphatic carbocycles. The minimum absolute atomic E-state index is 0.381. The summed E-state index contributed by atoms with van der Waals surface area (Å²) in [7, 11) is 1.72. The van der Waals surface area contributed by atoms with Crippen molar-refractivity contribution < 1.29 is 18.9 Å². The molecule has 1 fully saturated rings. The van der Waals surface area contributed by atoms with E-state index in [1.165, 1.54) is 5.56 Å². The van der Waals surface area contributed by atoms with E-state index in [0.717, 1.165) is 43.4 Å². The number of hydrogen-bond acceptors (Lipinski definition) is 6. The molecule has 0 amide bonds. The summed E-state index contributed by atoms with van der Waals surface area (Å²) in [5, 5.41) is 0.647. The van der Waals surface area contributed by atoms with Crippen LogP contribution in [-0.2, 0) is 22.6 Å². The third-order valence-electron chi connectivity index (χ3n) is 6.22. The second kappa shape index (κ2) is 12.4. The normalized spacial score (nSPS) is 18.8. The van der Waals surface area contributed by atoms with Crippen molar-refractivity contribution in [2.24, 2.45) is 0 Å². The fourth-order valence-electron chi connectivity index (χ4n) is 4.17. The van der Waals surface area contributed by atoms with Gasteiger partial charge in [-0.25, -0.2) is 4.98 Å². The van der Waals surface area contributed by atoms with Crippen molar-refractivity contribution >= 4 is 11.6 Å². The molecule has 1 saturated heterocycles. The van der Waals surface area contributed by atoms with Crippen molar-refractivity contribution in [2.75, 3.05) is 46.6 Å². The zero-order chi connectivity index (χ0) is 24.5. The van der Waals surface area contributed by atoms with E-state index in [1.807, 2.05) is 55.7 Å². The molecule has 1 atom stereocenters. The maximum Gasteiger partial charge on any atom is 0.137 e. The Labute approximate surface area is 212 Å². The maximum absolute atomic E-state index is 6.09. The van der Waals surface area contributed by atoms with Gasteiger partial charge < -0.3 is 23.5 Å². The van der Waals surface area contributed by atoms with E-state index in [9.17, 15) is 0 Å². The molecule has 1 unspecified atom stereocenters. The molecule has 1 aliphatic heterocycles. The van der Waals surface area contributed by atoms with Crippen molar-refractivity contribution in [2.45, 2.75) is 32.0 Å². The average Bonchev–Trinajstić information content (AvgIpc) is 3.16. The highest BCUT2D eigenvalue weighted by Crippen LogP contribution is 2.23. The highest BCUT2D eigenvalue weighted by molar-refractivity contribution is 6.30. The summed E-state index contributed by atoms with van der Waals surface area (Å²) in [6.45, 7) is 7.43. The molecule has 2 heterocycles. The van der Waals surface area contributed by atoms with Gasteiger partial charge in [0.15, 0.2) is 0 Å². The molecule has 0 saturated carbocycles. The summed E-state index contributed by atoms with van der Waals surface area (Å²) in [4.78, 5) is 6.60. The average molecular weight is 500 g/mol. The molecule has 3 aromatic rings. The monoisotopic (exact) mass is 499 g/mol. The fourth-order valence-corrected chi connectivity index (χ4v) is 4.35. The van der Waals surface area contributed by atoms with Gasteiger partial charge >= 0.3 is 0 Å². The number of imidazole rings is 1. The van der Waals surface area contributed by atoms with E-state index in [2.05, 4.69) is 26.6 Å². The molecular formula is C27H34ClN3O4. The molecule has 188 valence electrons. The van der Waals surface area contributed by atoms with E-state index in [4.69, 9.17) is 30.5 Å². The van der Waals surface area contributed by atoms with Crippen LogP contribution in [0, 0.1) is 6.92 Å². The van der Waals surface area contributed by atoms with Crippen LogP contribution in [0.3, 0.4) is 0 Å². The third kappa shape index (κ3) is 7.45. The Morgan fingerprint density at radius 3 is 2.71 bits per heavy atom. The van der Waals surface area contributed by atoms with E-state index in [0.29, 0.717) is 38.0 Å². The van der Waals surface area contributed by atoms with Crippen LogP contribution in [0.15, 0.2) is 60.9 Å². The number of methoxy groups -OCH3 is 1. The van der Waals surface area contributed by atoms with Crippen molar-refractivity contribution in [1.29, 1.82) is 0 Å². The lowest BCUT2D eigenvalue weighted by Crippen LogP contribution is -2.50. The van der Waals surface area contributed by atoms with Crippen LogP contribution in [0.5, 0.6) is 11.5 Å². The topological polar surface area (TPSA) is 58.0 Å².